The number of ether oxygens (including phenoxy) is 2. The van der Waals surface area contributed by atoms with Crippen LogP contribution < -0.4 is 14.8 Å². The second-order valence-electron chi connectivity index (χ2n) is 6.45. The fourth-order valence-corrected chi connectivity index (χ4v) is 3.15. The first-order chi connectivity index (χ1) is 13.8. The molecule has 2 aromatic carbocycles. The highest BCUT2D eigenvalue weighted by Crippen LogP contribution is 2.34. The van der Waals surface area contributed by atoms with Gasteiger partial charge in [0.2, 0.25) is 6.79 Å². The topological polar surface area (TPSA) is 78.3 Å². The van der Waals surface area contributed by atoms with Gasteiger partial charge in [0.25, 0.3) is 5.91 Å². The number of anilines is 1. The summed E-state index contributed by atoms with van der Waals surface area (Å²) < 4.78 is 12.4. The van der Waals surface area contributed by atoms with Gasteiger partial charge in [-0.2, -0.15) is 5.10 Å². The molecule has 0 saturated heterocycles. The lowest BCUT2D eigenvalue weighted by Gasteiger charge is -2.07. The van der Waals surface area contributed by atoms with E-state index >= 15 is 0 Å². The van der Waals surface area contributed by atoms with E-state index in [4.69, 9.17) is 9.47 Å². The molecule has 0 bridgehead atoms. The van der Waals surface area contributed by atoms with Crippen molar-refractivity contribution in [2.24, 2.45) is 0 Å². The molecular formula is C21H16N4O3. The molecule has 4 aromatic rings. The SMILES string of the molecule is O=C(Nc1ccc2c(c1)OCO2)c1cnc2c(cnn2Cc2ccccc2)c1. The Bertz CT molecular complexity index is 1170. The van der Waals surface area contributed by atoms with E-state index in [1.165, 1.54) is 0 Å². The van der Waals surface area contributed by atoms with Gasteiger partial charge in [-0.05, 0) is 23.8 Å². The smallest absolute Gasteiger partial charge is 0.257 e. The van der Waals surface area contributed by atoms with Gasteiger partial charge in [0.1, 0.15) is 0 Å². The van der Waals surface area contributed by atoms with Crippen LogP contribution in [0.2, 0.25) is 0 Å². The molecule has 2 aromatic heterocycles. The zero-order valence-electron chi connectivity index (χ0n) is 14.8. The van der Waals surface area contributed by atoms with Gasteiger partial charge < -0.3 is 14.8 Å². The predicted octanol–water partition coefficient (Wildman–Crippen LogP) is 3.46. The lowest BCUT2D eigenvalue weighted by Crippen LogP contribution is -2.12. The minimum absolute atomic E-state index is 0.195. The third-order valence-corrected chi connectivity index (χ3v) is 4.54. The molecule has 1 amide bonds. The highest BCUT2D eigenvalue weighted by atomic mass is 16.7. The summed E-state index contributed by atoms with van der Waals surface area (Å²) in [5.41, 5.74) is 2.97. The number of rotatable bonds is 4. The van der Waals surface area contributed by atoms with Crippen LogP contribution in [-0.2, 0) is 6.54 Å². The summed E-state index contributed by atoms with van der Waals surface area (Å²) in [6.45, 7) is 0.820. The van der Waals surface area contributed by atoms with Gasteiger partial charge in [0.05, 0.1) is 18.3 Å². The van der Waals surface area contributed by atoms with Crippen LogP contribution in [0.4, 0.5) is 5.69 Å². The number of aromatic nitrogens is 3. The standard InChI is InChI=1S/C21H16N4O3/c26-21(24-17-6-7-18-19(9-17)28-13-27-18)16-8-15-11-23-25(20(15)22-10-16)12-14-4-2-1-3-5-14/h1-11H,12-13H2,(H,24,26). The first kappa shape index (κ1) is 16.3. The number of nitrogens with zero attached hydrogens (tertiary/aromatic N) is 3. The maximum Gasteiger partial charge on any atom is 0.257 e. The first-order valence-corrected chi connectivity index (χ1v) is 8.83. The number of nitrogens with one attached hydrogen (secondary N) is 1. The summed E-state index contributed by atoms with van der Waals surface area (Å²) in [7, 11) is 0. The third-order valence-electron chi connectivity index (χ3n) is 4.54. The van der Waals surface area contributed by atoms with Gasteiger partial charge in [-0.15, -0.1) is 0 Å². The predicted molar refractivity (Wildman–Crippen MR) is 104 cm³/mol. The average molecular weight is 372 g/mol. The lowest BCUT2D eigenvalue weighted by molar-refractivity contribution is 0.102. The second kappa shape index (κ2) is 6.70. The zero-order chi connectivity index (χ0) is 18.9. The van der Waals surface area contributed by atoms with Gasteiger partial charge in [0.15, 0.2) is 17.1 Å². The zero-order valence-corrected chi connectivity index (χ0v) is 14.8. The number of carbonyl (C=O) groups excluding carboxylic acids is 1. The Morgan fingerprint density at radius 3 is 2.79 bits per heavy atom. The van der Waals surface area contributed by atoms with Crippen LogP contribution >= 0.6 is 0 Å². The molecule has 5 rings (SSSR count). The molecule has 3 heterocycles. The molecule has 138 valence electrons. The Hall–Kier alpha value is -3.87. The molecule has 1 N–H and O–H groups in total. The molecule has 0 aliphatic carbocycles. The highest BCUT2D eigenvalue weighted by Gasteiger charge is 2.15. The molecule has 0 saturated carbocycles. The van der Waals surface area contributed by atoms with E-state index in [1.54, 1.807) is 36.7 Å². The summed E-state index contributed by atoms with van der Waals surface area (Å²) in [6, 6.07) is 17.1. The maximum absolute atomic E-state index is 12.6. The van der Waals surface area contributed by atoms with Crippen molar-refractivity contribution >= 4 is 22.6 Å². The molecule has 0 atom stereocenters. The van der Waals surface area contributed by atoms with Crippen molar-refractivity contribution in [2.45, 2.75) is 6.54 Å². The van der Waals surface area contributed by atoms with Gasteiger partial charge in [0, 0.05) is 23.3 Å². The van der Waals surface area contributed by atoms with Gasteiger partial charge in [-0.25, -0.2) is 9.67 Å². The van der Waals surface area contributed by atoms with Crippen molar-refractivity contribution in [1.82, 2.24) is 14.8 Å². The molecule has 7 nitrogen and oxygen atoms in total. The van der Waals surface area contributed by atoms with Crippen LogP contribution in [-0.4, -0.2) is 27.5 Å². The van der Waals surface area contributed by atoms with Crippen molar-refractivity contribution in [2.75, 3.05) is 12.1 Å². The monoisotopic (exact) mass is 372 g/mol. The number of amides is 1. The van der Waals surface area contributed by atoms with Crippen LogP contribution in [0.25, 0.3) is 11.0 Å². The number of carbonyl (C=O) groups is 1. The van der Waals surface area contributed by atoms with Crippen molar-refractivity contribution < 1.29 is 14.3 Å². The number of benzene rings is 2. The Balaban J connectivity index is 1.37. The summed E-state index contributed by atoms with van der Waals surface area (Å²) in [6.07, 6.45) is 3.29. The van der Waals surface area contributed by atoms with E-state index in [0.717, 1.165) is 16.6 Å². The van der Waals surface area contributed by atoms with E-state index in [1.807, 2.05) is 35.0 Å². The number of fused-ring (bicyclic) bond motifs is 2. The second-order valence-corrected chi connectivity index (χ2v) is 6.45. The minimum Gasteiger partial charge on any atom is -0.454 e. The maximum atomic E-state index is 12.6. The van der Waals surface area contributed by atoms with E-state index in [0.29, 0.717) is 29.3 Å². The molecule has 0 spiro atoms. The summed E-state index contributed by atoms with van der Waals surface area (Å²) in [4.78, 5) is 17.1. The third kappa shape index (κ3) is 3.03. The molecule has 1 aliphatic heterocycles. The van der Waals surface area contributed by atoms with E-state index in [9.17, 15) is 4.79 Å². The summed E-state index contributed by atoms with van der Waals surface area (Å²) in [5, 5.41) is 8.08. The van der Waals surface area contributed by atoms with Crippen molar-refractivity contribution in [3.8, 4) is 11.5 Å². The van der Waals surface area contributed by atoms with Crippen LogP contribution in [0, 0.1) is 0 Å². The molecule has 0 unspecified atom stereocenters. The Morgan fingerprint density at radius 1 is 1.04 bits per heavy atom. The number of pyridine rings is 1. The van der Waals surface area contributed by atoms with Gasteiger partial charge in [-0.1, -0.05) is 30.3 Å². The largest absolute Gasteiger partial charge is 0.454 e. The molecule has 1 aliphatic rings. The van der Waals surface area contributed by atoms with Gasteiger partial charge in [-0.3, -0.25) is 4.79 Å². The van der Waals surface area contributed by atoms with Crippen molar-refractivity contribution in [3.63, 3.8) is 0 Å². The Morgan fingerprint density at radius 2 is 1.89 bits per heavy atom. The normalized spacial score (nSPS) is 12.3. The Kier molecular flexibility index (Phi) is 3.90. The fraction of sp³-hybridized carbons (Fsp3) is 0.0952. The van der Waals surface area contributed by atoms with Crippen LogP contribution in [0.3, 0.4) is 0 Å². The molecule has 0 fully saturated rings. The van der Waals surface area contributed by atoms with Crippen LogP contribution in [0.15, 0.2) is 67.0 Å². The molecule has 0 radical (unpaired) electrons. The average Bonchev–Trinajstić information content (AvgIpc) is 3.35. The van der Waals surface area contributed by atoms with Gasteiger partial charge >= 0.3 is 0 Å². The highest BCUT2D eigenvalue weighted by molar-refractivity contribution is 6.05. The lowest BCUT2D eigenvalue weighted by atomic mass is 10.2. The van der Waals surface area contributed by atoms with Crippen LogP contribution in [0.1, 0.15) is 15.9 Å². The van der Waals surface area contributed by atoms with E-state index < -0.39 is 0 Å². The van der Waals surface area contributed by atoms with E-state index in [-0.39, 0.29) is 12.7 Å². The Labute approximate surface area is 160 Å². The summed E-state index contributed by atoms with van der Waals surface area (Å²) >= 11 is 0. The van der Waals surface area contributed by atoms with Crippen molar-refractivity contribution in [3.05, 3.63) is 78.1 Å². The fourth-order valence-electron chi connectivity index (χ4n) is 3.15. The first-order valence-electron chi connectivity index (χ1n) is 8.83. The van der Waals surface area contributed by atoms with Crippen LogP contribution in [0.5, 0.6) is 11.5 Å². The number of hydrogen-bond donors (Lipinski definition) is 1. The quantitative estimate of drug-likeness (QED) is 0.594. The van der Waals surface area contributed by atoms with Crippen molar-refractivity contribution in [1.29, 1.82) is 0 Å². The molecule has 7 heteroatoms. The summed E-state index contributed by atoms with van der Waals surface area (Å²) in [5.74, 6) is 1.05. The van der Waals surface area contributed by atoms with E-state index in [2.05, 4.69) is 15.4 Å². The number of hydrogen-bond acceptors (Lipinski definition) is 5. The molecule has 28 heavy (non-hydrogen) atoms. The minimum atomic E-state index is -0.246. The molecular weight excluding hydrogens is 356 g/mol.